The lowest BCUT2D eigenvalue weighted by Gasteiger charge is -1.90. The monoisotopic (exact) mass is 262 g/mol. The molecule has 0 atom stereocenters. The second-order valence-electron chi connectivity index (χ2n) is 3.37. The zero-order valence-corrected chi connectivity index (χ0v) is 9.67. The summed E-state index contributed by atoms with van der Waals surface area (Å²) in [6.07, 6.45) is 0. The van der Waals surface area contributed by atoms with Gasteiger partial charge in [0.05, 0.1) is 9.85 Å². The lowest BCUT2D eigenvalue weighted by Crippen LogP contribution is -1.90. The highest BCUT2D eigenvalue weighted by atomic mass is 16.6. The SMILES string of the molecule is O=[N+]([O-])c1ccc([N+](=O)[O-])cc1.Oc1ccccc1. The molecule has 2 rings (SSSR count). The second-order valence-corrected chi connectivity index (χ2v) is 3.37. The van der Waals surface area contributed by atoms with Crippen LogP contribution in [0.15, 0.2) is 54.6 Å². The van der Waals surface area contributed by atoms with Crippen LogP contribution in [-0.2, 0) is 0 Å². The molecule has 7 heteroatoms. The Labute approximate surface area is 108 Å². The van der Waals surface area contributed by atoms with E-state index >= 15 is 0 Å². The first-order valence-corrected chi connectivity index (χ1v) is 5.13. The number of nitrogens with zero attached hydrogens (tertiary/aromatic N) is 2. The van der Waals surface area contributed by atoms with Crippen LogP contribution in [0, 0.1) is 20.2 Å². The van der Waals surface area contributed by atoms with E-state index in [1.54, 1.807) is 24.3 Å². The number of nitro benzene ring substituents is 2. The molecular weight excluding hydrogens is 252 g/mol. The molecule has 98 valence electrons. The predicted octanol–water partition coefficient (Wildman–Crippen LogP) is 2.90. The van der Waals surface area contributed by atoms with Crippen molar-refractivity contribution in [2.24, 2.45) is 0 Å². The van der Waals surface area contributed by atoms with Gasteiger partial charge in [-0.15, -0.1) is 0 Å². The van der Waals surface area contributed by atoms with Crippen LogP contribution in [0.1, 0.15) is 0 Å². The molecule has 0 bridgehead atoms. The molecule has 0 aromatic heterocycles. The van der Waals surface area contributed by atoms with Gasteiger partial charge < -0.3 is 5.11 Å². The van der Waals surface area contributed by atoms with Crippen LogP contribution in [0.3, 0.4) is 0 Å². The first kappa shape index (κ1) is 14.1. The van der Waals surface area contributed by atoms with Gasteiger partial charge >= 0.3 is 0 Å². The number of hydrogen-bond acceptors (Lipinski definition) is 5. The lowest BCUT2D eigenvalue weighted by atomic mass is 10.3. The van der Waals surface area contributed by atoms with E-state index in [0.717, 1.165) is 24.3 Å². The number of non-ortho nitro benzene ring substituents is 2. The summed E-state index contributed by atoms with van der Waals surface area (Å²) in [5.74, 6) is 0.322. The number of aromatic hydroxyl groups is 1. The molecular formula is C12H10N2O5. The Kier molecular flexibility index (Phi) is 4.97. The Morgan fingerprint density at radius 3 is 1.32 bits per heavy atom. The Balaban J connectivity index is 0.000000218. The molecule has 7 nitrogen and oxygen atoms in total. The molecule has 19 heavy (non-hydrogen) atoms. The molecule has 0 radical (unpaired) electrons. The highest BCUT2D eigenvalue weighted by Crippen LogP contribution is 2.16. The fraction of sp³-hybridized carbons (Fsp3) is 0. The van der Waals surface area contributed by atoms with Crippen molar-refractivity contribution < 1.29 is 15.0 Å². The number of para-hydroxylation sites is 1. The van der Waals surface area contributed by atoms with Crippen LogP contribution in [0.25, 0.3) is 0 Å². The minimum Gasteiger partial charge on any atom is -0.508 e. The summed E-state index contributed by atoms with van der Waals surface area (Å²) >= 11 is 0. The predicted molar refractivity (Wildman–Crippen MR) is 67.9 cm³/mol. The summed E-state index contributed by atoms with van der Waals surface area (Å²) in [6, 6.07) is 13.1. The number of rotatable bonds is 2. The van der Waals surface area contributed by atoms with Gasteiger partial charge in [0.25, 0.3) is 11.4 Å². The van der Waals surface area contributed by atoms with E-state index in [9.17, 15) is 20.2 Å². The number of benzene rings is 2. The molecule has 1 N–H and O–H groups in total. The Hall–Kier alpha value is -2.96. The first-order valence-electron chi connectivity index (χ1n) is 5.13. The Bertz CT molecular complexity index is 521. The van der Waals surface area contributed by atoms with Crippen LogP contribution in [-0.4, -0.2) is 15.0 Å². The molecule has 0 aliphatic rings. The quantitative estimate of drug-likeness (QED) is 0.661. The summed E-state index contributed by atoms with van der Waals surface area (Å²) in [4.78, 5) is 19.0. The Morgan fingerprint density at radius 2 is 1.11 bits per heavy atom. The molecule has 0 fully saturated rings. The molecule has 0 saturated heterocycles. The Morgan fingerprint density at radius 1 is 0.737 bits per heavy atom. The van der Waals surface area contributed by atoms with Crippen LogP contribution in [0.5, 0.6) is 5.75 Å². The van der Waals surface area contributed by atoms with Crippen molar-refractivity contribution in [1.82, 2.24) is 0 Å². The van der Waals surface area contributed by atoms with Gasteiger partial charge in [-0.25, -0.2) is 0 Å². The zero-order chi connectivity index (χ0) is 14.3. The number of hydrogen-bond donors (Lipinski definition) is 1. The topological polar surface area (TPSA) is 107 Å². The maximum Gasteiger partial charge on any atom is 0.269 e. The highest BCUT2D eigenvalue weighted by molar-refractivity contribution is 5.39. The van der Waals surface area contributed by atoms with Gasteiger partial charge in [0.1, 0.15) is 5.75 Å². The third-order valence-corrected chi connectivity index (χ3v) is 2.03. The second kappa shape index (κ2) is 6.70. The van der Waals surface area contributed by atoms with Crippen molar-refractivity contribution in [3.8, 4) is 5.75 Å². The molecule has 0 aliphatic heterocycles. The van der Waals surface area contributed by atoms with Crippen molar-refractivity contribution in [3.05, 3.63) is 74.8 Å². The van der Waals surface area contributed by atoms with Crippen molar-refractivity contribution >= 4 is 11.4 Å². The standard InChI is InChI=1S/C6H4N2O4.C6H6O/c9-7(10)5-1-2-6(4-3-5)8(11)12;7-6-4-2-1-3-5-6/h1-4H;1-5,7H. The fourth-order valence-corrected chi connectivity index (χ4v) is 1.12. The fourth-order valence-electron chi connectivity index (χ4n) is 1.12. The van der Waals surface area contributed by atoms with Gasteiger partial charge in [0.15, 0.2) is 0 Å². The summed E-state index contributed by atoms with van der Waals surface area (Å²) in [5, 5.41) is 28.9. The molecule has 0 saturated carbocycles. The number of phenols is 1. The van der Waals surface area contributed by atoms with Crippen LogP contribution in [0.2, 0.25) is 0 Å². The van der Waals surface area contributed by atoms with Crippen molar-refractivity contribution in [3.63, 3.8) is 0 Å². The largest absolute Gasteiger partial charge is 0.508 e. The molecule has 0 unspecified atom stereocenters. The number of phenolic OH excluding ortho intramolecular Hbond substituents is 1. The third kappa shape index (κ3) is 4.82. The molecule has 0 heterocycles. The maximum absolute atomic E-state index is 10.1. The van der Waals surface area contributed by atoms with E-state index in [1.807, 2.05) is 6.07 Å². The van der Waals surface area contributed by atoms with Gasteiger partial charge in [0.2, 0.25) is 0 Å². The summed E-state index contributed by atoms with van der Waals surface area (Å²) in [5.41, 5.74) is -0.304. The number of nitro groups is 2. The minimum atomic E-state index is -0.607. The zero-order valence-electron chi connectivity index (χ0n) is 9.67. The van der Waals surface area contributed by atoms with Gasteiger partial charge in [-0.05, 0) is 12.1 Å². The van der Waals surface area contributed by atoms with Crippen molar-refractivity contribution in [2.45, 2.75) is 0 Å². The minimum absolute atomic E-state index is 0.152. The van der Waals surface area contributed by atoms with Crippen molar-refractivity contribution in [2.75, 3.05) is 0 Å². The summed E-state index contributed by atoms with van der Waals surface area (Å²) in [6.45, 7) is 0. The smallest absolute Gasteiger partial charge is 0.269 e. The van der Waals surface area contributed by atoms with Crippen LogP contribution >= 0.6 is 0 Å². The van der Waals surface area contributed by atoms with Crippen LogP contribution in [0.4, 0.5) is 11.4 Å². The lowest BCUT2D eigenvalue weighted by molar-refractivity contribution is -0.389. The van der Waals surface area contributed by atoms with Crippen LogP contribution < -0.4 is 0 Å². The van der Waals surface area contributed by atoms with E-state index in [0.29, 0.717) is 5.75 Å². The average Bonchev–Trinajstić information content (AvgIpc) is 2.40. The molecule has 2 aromatic rings. The summed E-state index contributed by atoms with van der Waals surface area (Å²) < 4.78 is 0. The average molecular weight is 262 g/mol. The molecule has 0 spiro atoms. The van der Waals surface area contributed by atoms with Gasteiger partial charge in [-0.3, -0.25) is 20.2 Å². The van der Waals surface area contributed by atoms with Gasteiger partial charge in [-0.1, -0.05) is 18.2 Å². The highest BCUT2D eigenvalue weighted by Gasteiger charge is 2.08. The molecule has 0 amide bonds. The van der Waals surface area contributed by atoms with Gasteiger partial charge in [0, 0.05) is 24.3 Å². The van der Waals surface area contributed by atoms with E-state index < -0.39 is 9.85 Å². The normalized spacial score (nSPS) is 9.05. The van der Waals surface area contributed by atoms with E-state index in [-0.39, 0.29) is 11.4 Å². The molecule has 0 aliphatic carbocycles. The van der Waals surface area contributed by atoms with Crippen molar-refractivity contribution in [1.29, 1.82) is 0 Å². The summed E-state index contributed by atoms with van der Waals surface area (Å²) in [7, 11) is 0. The molecule has 2 aromatic carbocycles. The van der Waals surface area contributed by atoms with E-state index in [4.69, 9.17) is 5.11 Å². The first-order chi connectivity index (χ1) is 9.00. The maximum atomic E-state index is 10.1. The third-order valence-electron chi connectivity index (χ3n) is 2.03. The van der Waals surface area contributed by atoms with E-state index in [2.05, 4.69) is 0 Å². The van der Waals surface area contributed by atoms with Gasteiger partial charge in [-0.2, -0.15) is 0 Å². The van der Waals surface area contributed by atoms with E-state index in [1.165, 1.54) is 0 Å².